The Kier molecular flexibility index (Phi) is 5.06. The van der Waals surface area contributed by atoms with Crippen LogP contribution in [-0.2, 0) is 17.8 Å². The summed E-state index contributed by atoms with van der Waals surface area (Å²) in [6.07, 6.45) is 0.0414. The van der Waals surface area contributed by atoms with E-state index < -0.39 is 5.97 Å². The molecule has 0 aromatic heterocycles. The van der Waals surface area contributed by atoms with Crippen molar-refractivity contribution in [3.63, 3.8) is 0 Å². The summed E-state index contributed by atoms with van der Waals surface area (Å²) in [5.74, 6) is -1.06. The molecule has 2 rings (SSSR count). The average Bonchev–Trinajstić information content (AvgIpc) is 2.46. The van der Waals surface area contributed by atoms with Gasteiger partial charge in [0.15, 0.2) is 0 Å². The van der Waals surface area contributed by atoms with E-state index in [1.165, 1.54) is 12.1 Å². The molecule has 0 aliphatic rings. The summed E-state index contributed by atoms with van der Waals surface area (Å²) in [7, 11) is 0. The molecule has 0 unspecified atom stereocenters. The number of benzene rings is 2. The Morgan fingerprint density at radius 2 is 1.67 bits per heavy atom. The number of carboxylic acids is 1. The largest absolute Gasteiger partial charge is 0.481 e. The van der Waals surface area contributed by atoms with Gasteiger partial charge in [-0.25, -0.2) is 4.39 Å². The highest BCUT2D eigenvalue weighted by atomic mass is 19.1. The van der Waals surface area contributed by atoms with Gasteiger partial charge in [0.2, 0.25) is 0 Å². The monoisotopic (exact) mass is 287 g/mol. The lowest BCUT2D eigenvalue weighted by Gasteiger charge is -2.14. The van der Waals surface area contributed by atoms with Gasteiger partial charge in [0, 0.05) is 12.6 Å². The summed E-state index contributed by atoms with van der Waals surface area (Å²) in [6, 6.07) is 14.0. The average molecular weight is 287 g/mol. The minimum Gasteiger partial charge on any atom is -0.481 e. The Bertz CT molecular complexity index is 593. The van der Waals surface area contributed by atoms with Gasteiger partial charge < -0.3 is 10.4 Å². The molecule has 2 aromatic carbocycles. The van der Waals surface area contributed by atoms with Crippen molar-refractivity contribution < 1.29 is 14.3 Å². The summed E-state index contributed by atoms with van der Waals surface area (Å²) in [4.78, 5) is 10.6. The topological polar surface area (TPSA) is 49.3 Å². The van der Waals surface area contributed by atoms with E-state index in [1.807, 2.05) is 31.2 Å². The van der Waals surface area contributed by atoms with E-state index in [1.54, 1.807) is 12.1 Å². The molecule has 0 amide bonds. The van der Waals surface area contributed by atoms with Gasteiger partial charge in [0.25, 0.3) is 0 Å². The zero-order valence-corrected chi connectivity index (χ0v) is 11.8. The molecule has 0 aliphatic carbocycles. The van der Waals surface area contributed by atoms with Gasteiger partial charge in [-0.1, -0.05) is 36.4 Å². The van der Waals surface area contributed by atoms with Crippen LogP contribution >= 0.6 is 0 Å². The van der Waals surface area contributed by atoms with Crippen LogP contribution in [0, 0.1) is 5.82 Å². The third kappa shape index (κ3) is 4.68. The molecule has 2 aromatic rings. The molecule has 0 spiro atoms. The Hall–Kier alpha value is -2.20. The molecular weight excluding hydrogens is 269 g/mol. The predicted octanol–water partition coefficient (Wildman–Crippen LogP) is 3.30. The van der Waals surface area contributed by atoms with E-state index in [0.29, 0.717) is 6.54 Å². The first-order valence-corrected chi connectivity index (χ1v) is 6.83. The van der Waals surface area contributed by atoms with Gasteiger partial charge in [0.1, 0.15) is 5.82 Å². The fourth-order valence-electron chi connectivity index (χ4n) is 2.09. The summed E-state index contributed by atoms with van der Waals surface area (Å²) >= 11 is 0. The lowest BCUT2D eigenvalue weighted by atomic mass is 10.1. The predicted molar refractivity (Wildman–Crippen MR) is 79.4 cm³/mol. The van der Waals surface area contributed by atoms with E-state index in [4.69, 9.17) is 5.11 Å². The van der Waals surface area contributed by atoms with Crippen molar-refractivity contribution in [1.82, 2.24) is 5.32 Å². The third-order valence-electron chi connectivity index (χ3n) is 3.36. The Morgan fingerprint density at radius 1 is 1.10 bits per heavy atom. The molecule has 1 atom stereocenters. The zero-order chi connectivity index (χ0) is 15.2. The number of aliphatic carboxylic acids is 1. The standard InChI is InChI=1S/C17H18FNO2/c1-12(15-6-8-16(18)9-7-15)19-11-14-4-2-13(3-5-14)10-17(20)21/h2-9,12,19H,10-11H2,1H3,(H,20,21)/t12-/m1/s1. The van der Waals surface area contributed by atoms with Crippen molar-refractivity contribution in [2.24, 2.45) is 0 Å². The smallest absolute Gasteiger partial charge is 0.307 e. The highest BCUT2D eigenvalue weighted by Crippen LogP contribution is 2.14. The molecule has 2 N–H and O–H groups in total. The second-order valence-corrected chi connectivity index (χ2v) is 5.04. The first-order valence-electron chi connectivity index (χ1n) is 6.83. The first kappa shape index (κ1) is 15.2. The van der Waals surface area contributed by atoms with Crippen molar-refractivity contribution in [2.75, 3.05) is 0 Å². The number of nitrogens with one attached hydrogen (secondary N) is 1. The molecule has 0 heterocycles. The number of carbonyl (C=O) groups is 1. The Labute approximate surface area is 123 Å². The van der Waals surface area contributed by atoms with Crippen LogP contribution in [0.25, 0.3) is 0 Å². The Morgan fingerprint density at radius 3 is 2.24 bits per heavy atom. The van der Waals surface area contributed by atoms with Gasteiger partial charge in [-0.2, -0.15) is 0 Å². The van der Waals surface area contributed by atoms with Gasteiger partial charge in [-0.3, -0.25) is 4.79 Å². The maximum atomic E-state index is 12.9. The molecule has 0 radical (unpaired) electrons. The van der Waals surface area contributed by atoms with E-state index in [2.05, 4.69) is 5.32 Å². The van der Waals surface area contributed by atoms with Crippen LogP contribution < -0.4 is 5.32 Å². The van der Waals surface area contributed by atoms with E-state index >= 15 is 0 Å². The maximum Gasteiger partial charge on any atom is 0.307 e. The van der Waals surface area contributed by atoms with Crippen LogP contribution in [0.3, 0.4) is 0 Å². The van der Waals surface area contributed by atoms with Crippen LogP contribution in [-0.4, -0.2) is 11.1 Å². The fourth-order valence-corrected chi connectivity index (χ4v) is 2.09. The quantitative estimate of drug-likeness (QED) is 0.857. The van der Waals surface area contributed by atoms with Gasteiger partial charge in [0.05, 0.1) is 6.42 Å². The van der Waals surface area contributed by atoms with E-state index in [9.17, 15) is 9.18 Å². The molecule has 0 saturated carbocycles. The maximum absolute atomic E-state index is 12.9. The van der Waals surface area contributed by atoms with Crippen molar-refractivity contribution in [1.29, 1.82) is 0 Å². The van der Waals surface area contributed by atoms with E-state index in [-0.39, 0.29) is 18.3 Å². The summed E-state index contributed by atoms with van der Waals surface area (Å²) < 4.78 is 12.9. The molecule has 21 heavy (non-hydrogen) atoms. The molecule has 110 valence electrons. The minimum absolute atomic E-state index is 0.0414. The highest BCUT2D eigenvalue weighted by molar-refractivity contribution is 5.70. The third-order valence-corrected chi connectivity index (χ3v) is 3.36. The number of rotatable bonds is 6. The molecule has 4 heteroatoms. The number of hydrogen-bond donors (Lipinski definition) is 2. The van der Waals surface area contributed by atoms with Crippen molar-refractivity contribution >= 4 is 5.97 Å². The Balaban J connectivity index is 1.90. The molecule has 0 saturated heterocycles. The first-order chi connectivity index (χ1) is 10.0. The number of hydrogen-bond acceptors (Lipinski definition) is 2. The van der Waals surface area contributed by atoms with Crippen LogP contribution in [0.4, 0.5) is 4.39 Å². The highest BCUT2D eigenvalue weighted by Gasteiger charge is 2.05. The van der Waals surface area contributed by atoms with Crippen molar-refractivity contribution in [3.8, 4) is 0 Å². The second-order valence-electron chi connectivity index (χ2n) is 5.04. The molecule has 0 fully saturated rings. The molecular formula is C17H18FNO2. The van der Waals surface area contributed by atoms with Crippen LogP contribution in [0.5, 0.6) is 0 Å². The number of carboxylic acid groups (broad SMARTS) is 1. The summed E-state index contributed by atoms with van der Waals surface area (Å²) in [5.41, 5.74) is 2.90. The summed E-state index contributed by atoms with van der Waals surface area (Å²) in [5, 5.41) is 12.1. The van der Waals surface area contributed by atoms with Gasteiger partial charge in [-0.05, 0) is 35.7 Å². The fraction of sp³-hybridized carbons (Fsp3) is 0.235. The second kappa shape index (κ2) is 6.99. The minimum atomic E-state index is -0.828. The SMILES string of the molecule is C[C@@H](NCc1ccc(CC(=O)O)cc1)c1ccc(F)cc1. The van der Waals surface area contributed by atoms with Crippen LogP contribution in [0.2, 0.25) is 0 Å². The van der Waals surface area contributed by atoms with Crippen LogP contribution in [0.15, 0.2) is 48.5 Å². The zero-order valence-electron chi connectivity index (χ0n) is 11.8. The number of halogens is 1. The lowest BCUT2D eigenvalue weighted by molar-refractivity contribution is -0.136. The van der Waals surface area contributed by atoms with Crippen molar-refractivity contribution in [2.45, 2.75) is 25.9 Å². The normalized spacial score (nSPS) is 12.1. The molecule has 0 aliphatic heterocycles. The van der Waals surface area contributed by atoms with Crippen LogP contribution in [0.1, 0.15) is 29.7 Å². The van der Waals surface area contributed by atoms with E-state index in [0.717, 1.165) is 16.7 Å². The van der Waals surface area contributed by atoms with Gasteiger partial charge >= 0.3 is 5.97 Å². The summed E-state index contributed by atoms with van der Waals surface area (Å²) in [6.45, 7) is 2.69. The lowest BCUT2D eigenvalue weighted by Crippen LogP contribution is -2.18. The van der Waals surface area contributed by atoms with Gasteiger partial charge in [-0.15, -0.1) is 0 Å². The van der Waals surface area contributed by atoms with Crippen molar-refractivity contribution in [3.05, 3.63) is 71.0 Å². The molecule has 0 bridgehead atoms. The molecule has 3 nitrogen and oxygen atoms in total.